The van der Waals surface area contributed by atoms with Gasteiger partial charge in [0, 0.05) is 17.5 Å². The van der Waals surface area contributed by atoms with Gasteiger partial charge in [-0.1, -0.05) is 39.0 Å². The number of para-hydroxylation sites is 1. The van der Waals surface area contributed by atoms with Crippen LogP contribution in [-0.4, -0.2) is 30.0 Å². The second-order valence-electron chi connectivity index (χ2n) is 6.46. The molecular weight excluding hydrogens is 340 g/mol. The molecule has 3 aromatic rings. The van der Waals surface area contributed by atoms with Crippen LogP contribution in [0.5, 0.6) is 17.2 Å². The summed E-state index contributed by atoms with van der Waals surface area (Å²) in [6.07, 6.45) is 2.79. The molecule has 0 aliphatic carbocycles. The van der Waals surface area contributed by atoms with E-state index in [0.29, 0.717) is 19.8 Å². The summed E-state index contributed by atoms with van der Waals surface area (Å²) in [6, 6.07) is 12.0. The molecule has 0 spiro atoms. The van der Waals surface area contributed by atoms with Crippen molar-refractivity contribution in [2.75, 3.05) is 19.8 Å². The lowest BCUT2D eigenvalue weighted by atomic mass is 10.0. The lowest BCUT2D eigenvalue weighted by Gasteiger charge is -2.17. The van der Waals surface area contributed by atoms with Gasteiger partial charge in [-0.15, -0.1) is 0 Å². The zero-order valence-electron chi connectivity index (χ0n) is 16.4. The standard InChI is InChI=1S/C22H28N2O3/c1-4-11-25-16-14-19(26-12-5-2)21(20(15-16)27-13-6-3)22-17-9-7-8-10-18(17)23-24-22/h7-10,14-15H,4-6,11-13H2,1-3H3,(H,23,24). The average Bonchev–Trinajstić information content (AvgIpc) is 3.12. The zero-order valence-corrected chi connectivity index (χ0v) is 16.4. The van der Waals surface area contributed by atoms with E-state index < -0.39 is 0 Å². The Balaban J connectivity index is 2.15. The number of H-pyrrole nitrogens is 1. The van der Waals surface area contributed by atoms with E-state index in [0.717, 1.165) is 58.7 Å². The number of aromatic amines is 1. The fraction of sp³-hybridized carbons (Fsp3) is 0.409. The molecule has 5 nitrogen and oxygen atoms in total. The minimum atomic E-state index is 0.625. The second-order valence-corrected chi connectivity index (χ2v) is 6.46. The van der Waals surface area contributed by atoms with Gasteiger partial charge in [0.1, 0.15) is 22.9 Å². The highest BCUT2D eigenvalue weighted by Crippen LogP contribution is 2.43. The highest BCUT2D eigenvalue weighted by atomic mass is 16.5. The SMILES string of the molecule is CCCOc1cc(OCCC)c(-c2n[nH]c3ccccc23)c(OCCC)c1. The van der Waals surface area contributed by atoms with Gasteiger partial charge in [0.15, 0.2) is 0 Å². The summed E-state index contributed by atoms with van der Waals surface area (Å²) in [5.74, 6) is 2.25. The highest BCUT2D eigenvalue weighted by Gasteiger charge is 2.21. The molecule has 5 heteroatoms. The first-order valence-electron chi connectivity index (χ1n) is 9.78. The molecule has 0 bridgehead atoms. The fourth-order valence-corrected chi connectivity index (χ4v) is 2.91. The van der Waals surface area contributed by atoms with E-state index in [4.69, 9.17) is 14.2 Å². The number of ether oxygens (including phenoxy) is 3. The molecule has 0 aliphatic heterocycles. The van der Waals surface area contributed by atoms with Crippen molar-refractivity contribution in [1.82, 2.24) is 10.2 Å². The number of hydrogen-bond donors (Lipinski definition) is 1. The predicted molar refractivity (Wildman–Crippen MR) is 109 cm³/mol. The highest BCUT2D eigenvalue weighted by molar-refractivity contribution is 5.96. The monoisotopic (exact) mass is 368 g/mol. The maximum atomic E-state index is 6.09. The van der Waals surface area contributed by atoms with Crippen molar-refractivity contribution in [3.63, 3.8) is 0 Å². The van der Waals surface area contributed by atoms with Crippen LogP contribution in [0.1, 0.15) is 40.0 Å². The number of nitrogens with zero attached hydrogens (tertiary/aromatic N) is 1. The molecule has 1 heterocycles. The van der Waals surface area contributed by atoms with Gasteiger partial charge in [-0.25, -0.2) is 0 Å². The Morgan fingerprint density at radius 3 is 2.04 bits per heavy atom. The molecule has 0 fully saturated rings. The number of aromatic nitrogens is 2. The van der Waals surface area contributed by atoms with Gasteiger partial charge in [0.05, 0.1) is 30.9 Å². The van der Waals surface area contributed by atoms with Crippen LogP contribution in [-0.2, 0) is 0 Å². The number of rotatable bonds is 10. The minimum Gasteiger partial charge on any atom is -0.493 e. The quantitative estimate of drug-likeness (QED) is 0.506. The Bertz CT molecular complexity index is 844. The molecule has 0 amide bonds. The van der Waals surface area contributed by atoms with E-state index in [1.54, 1.807) is 0 Å². The smallest absolute Gasteiger partial charge is 0.136 e. The van der Waals surface area contributed by atoms with Crippen molar-refractivity contribution in [1.29, 1.82) is 0 Å². The van der Waals surface area contributed by atoms with Crippen molar-refractivity contribution in [3.05, 3.63) is 36.4 Å². The van der Waals surface area contributed by atoms with E-state index in [1.807, 2.05) is 30.3 Å². The molecule has 1 aromatic heterocycles. The van der Waals surface area contributed by atoms with Gasteiger partial charge in [-0.05, 0) is 25.3 Å². The summed E-state index contributed by atoms with van der Waals surface area (Å²) < 4.78 is 18.0. The van der Waals surface area contributed by atoms with Crippen LogP contribution < -0.4 is 14.2 Å². The van der Waals surface area contributed by atoms with Gasteiger partial charge in [-0.3, -0.25) is 5.10 Å². The van der Waals surface area contributed by atoms with Gasteiger partial charge in [0.25, 0.3) is 0 Å². The molecule has 0 aliphatic rings. The summed E-state index contributed by atoms with van der Waals surface area (Å²) in [6.45, 7) is 8.18. The first-order chi connectivity index (χ1) is 13.3. The molecule has 0 atom stereocenters. The first kappa shape index (κ1) is 19.1. The van der Waals surface area contributed by atoms with Crippen molar-refractivity contribution in [2.45, 2.75) is 40.0 Å². The molecule has 0 saturated carbocycles. The molecule has 144 valence electrons. The number of fused-ring (bicyclic) bond motifs is 1. The molecular formula is C22H28N2O3. The average molecular weight is 368 g/mol. The summed E-state index contributed by atoms with van der Waals surface area (Å²) >= 11 is 0. The Hall–Kier alpha value is -2.69. The summed E-state index contributed by atoms with van der Waals surface area (Å²) in [7, 11) is 0. The molecule has 3 rings (SSSR count). The van der Waals surface area contributed by atoms with Gasteiger partial charge in [0.2, 0.25) is 0 Å². The Kier molecular flexibility index (Phi) is 6.58. The van der Waals surface area contributed by atoms with Gasteiger partial charge in [-0.2, -0.15) is 5.10 Å². The van der Waals surface area contributed by atoms with Crippen LogP contribution in [0.4, 0.5) is 0 Å². The Morgan fingerprint density at radius 2 is 1.41 bits per heavy atom. The molecule has 0 radical (unpaired) electrons. The van der Waals surface area contributed by atoms with Crippen molar-refractivity contribution in [2.24, 2.45) is 0 Å². The summed E-state index contributed by atoms with van der Waals surface area (Å²) in [5, 5.41) is 8.72. The molecule has 2 aromatic carbocycles. The first-order valence-corrected chi connectivity index (χ1v) is 9.78. The van der Waals surface area contributed by atoms with E-state index in [2.05, 4.69) is 37.0 Å². The maximum absolute atomic E-state index is 6.09. The van der Waals surface area contributed by atoms with E-state index in [-0.39, 0.29) is 0 Å². The van der Waals surface area contributed by atoms with Crippen molar-refractivity contribution >= 4 is 10.9 Å². The summed E-state index contributed by atoms with van der Waals surface area (Å²) in [5.41, 5.74) is 2.70. The normalized spacial score (nSPS) is 10.9. The van der Waals surface area contributed by atoms with Crippen LogP contribution in [0.2, 0.25) is 0 Å². The third-order valence-electron chi connectivity index (χ3n) is 4.14. The van der Waals surface area contributed by atoms with Crippen LogP contribution in [0.15, 0.2) is 36.4 Å². The third-order valence-corrected chi connectivity index (χ3v) is 4.14. The lowest BCUT2D eigenvalue weighted by molar-refractivity contribution is 0.288. The number of hydrogen-bond acceptors (Lipinski definition) is 4. The van der Waals surface area contributed by atoms with Crippen molar-refractivity contribution in [3.8, 4) is 28.5 Å². The largest absolute Gasteiger partial charge is 0.493 e. The number of benzene rings is 2. The van der Waals surface area contributed by atoms with Gasteiger partial charge < -0.3 is 14.2 Å². The Morgan fingerprint density at radius 1 is 0.815 bits per heavy atom. The predicted octanol–water partition coefficient (Wildman–Crippen LogP) is 5.60. The lowest BCUT2D eigenvalue weighted by Crippen LogP contribution is -2.04. The topological polar surface area (TPSA) is 56.4 Å². The Labute approximate surface area is 160 Å². The third kappa shape index (κ3) is 4.35. The van der Waals surface area contributed by atoms with Crippen molar-refractivity contribution < 1.29 is 14.2 Å². The molecule has 0 unspecified atom stereocenters. The van der Waals surface area contributed by atoms with Crippen LogP contribution in [0.3, 0.4) is 0 Å². The molecule has 1 N–H and O–H groups in total. The van der Waals surface area contributed by atoms with Crippen LogP contribution >= 0.6 is 0 Å². The van der Waals surface area contributed by atoms with E-state index in [9.17, 15) is 0 Å². The maximum Gasteiger partial charge on any atom is 0.136 e. The van der Waals surface area contributed by atoms with E-state index in [1.165, 1.54) is 0 Å². The molecule has 0 saturated heterocycles. The van der Waals surface area contributed by atoms with Crippen LogP contribution in [0.25, 0.3) is 22.2 Å². The summed E-state index contributed by atoms with van der Waals surface area (Å²) in [4.78, 5) is 0. The fourth-order valence-electron chi connectivity index (χ4n) is 2.91. The van der Waals surface area contributed by atoms with E-state index >= 15 is 0 Å². The minimum absolute atomic E-state index is 0.625. The second kappa shape index (κ2) is 9.31. The van der Waals surface area contributed by atoms with Crippen LogP contribution in [0, 0.1) is 0 Å². The number of nitrogens with one attached hydrogen (secondary N) is 1. The zero-order chi connectivity index (χ0) is 19.1. The molecule has 27 heavy (non-hydrogen) atoms. The van der Waals surface area contributed by atoms with Gasteiger partial charge >= 0.3 is 0 Å².